The Kier molecular flexibility index (Phi) is 13.6. The summed E-state index contributed by atoms with van der Waals surface area (Å²) in [5.74, 6) is 0.903. The Bertz CT molecular complexity index is 83.3. The Morgan fingerprint density at radius 2 is 1.90 bits per heavy atom. The van der Waals surface area contributed by atoms with E-state index in [9.17, 15) is 0 Å². The maximum Gasteiger partial charge on any atom is 0.231 e. The first kappa shape index (κ1) is 12.1. The molecule has 0 aliphatic rings. The smallest absolute Gasteiger partial charge is 0.222 e. The Morgan fingerprint density at radius 3 is 2.00 bits per heavy atom. The summed E-state index contributed by atoms with van der Waals surface area (Å²) < 4.78 is 0. The molecule has 0 atom stereocenters. The fourth-order valence-electron chi connectivity index (χ4n) is 0.612. The van der Waals surface area contributed by atoms with Crippen LogP contribution in [0.4, 0.5) is 0 Å². The molecule has 0 saturated heterocycles. The summed E-state index contributed by atoms with van der Waals surface area (Å²) in [5, 5.41) is 5.40. The zero-order chi connectivity index (χ0) is 8.41. The molecule has 0 fully saturated rings. The first-order valence-electron chi connectivity index (χ1n) is 3.72. The van der Waals surface area contributed by atoms with Gasteiger partial charge in [0.15, 0.2) is 0 Å². The van der Waals surface area contributed by atoms with Gasteiger partial charge in [0.1, 0.15) is 0 Å². The second kappa shape index (κ2) is 11.2. The molecule has 0 bridgehead atoms. The predicted molar refractivity (Wildman–Crippen MR) is 42.8 cm³/mol. The third-order valence-corrected chi connectivity index (χ3v) is 1.14. The maximum atomic E-state index is 8.35. The standard InChI is InChI=1S/C7H16.CHNO/c1-4-5-6-7(2)3;2-1-3/h7H,4-6H2,1-3H3;2H. The molecule has 2 nitrogen and oxygen atoms in total. The molecule has 0 amide bonds. The van der Waals surface area contributed by atoms with Gasteiger partial charge in [-0.15, -0.1) is 0 Å². The minimum Gasteiger partial charge on any atom is -0.222 e. The highest BCUT2D eigenvalue weighted by Crippen LogP contribution is 2.04. The van der Waals surface area contributed by atoms with E-state index in [0.717, 1.165) is 12.0 Å². The average molecular weight is 143 g/mol. The molecule has 0 aromatic heterocycles. The highest BCUT2D eigenvalue weighted by atomic mass is 16.1. The summed E-state index contributed by atoms with van der Waals surface area (Å²) in [5.41, 5.74) is 0. The number of rotatable bonds is 3. The fraction of sp³-hybridized carbons (Fsp3) is 0.875. The lowest BCUT2D eigenvalue weighted by Gasteiger charge is -1.98. The van der Waals surface area contributed by atoms with Gasteiger partial charge in [-0.25, -0.2) is 10.2 Å². The summed E-state index contributed by atoms with van der Waals surface area (Å²) in [4.78, 5) is 8.35. The van der Waals surface area contributed by atoms with E-state index < -0.39 is 0 Å². The Hall–Kier alpha value is -0.620. The number of unbranched alkanes of at least 4 members (excludes halogenated alkanes) is 1. The first-order valence-corrected chi connectivity index (χ1v) is 3.72. The van der Waals surface area contributed by atoms with Crippen LogP contribution in [0.15, 0.2) is 0 Å². The van der Waals surface area contributed by atoms with Crippen LogP contribution in [0.3, 0.4) is 0 Å². The van der Waals surface area contributed by atoms with E-state index in [4.69, 9.17) is 10.2 Å². The van der Waals surface area contributed by atoms with Gasteiger partial charge in [-0.2, -0.15) is 0 Å². The molecule has 0 saturated carbocycles. The van der Waals surface area contributed by atoms with Crippen molar-refractivity contribution in [2.45, 2.75) is 40.0 Å². The summed E-state index contributed by atoms with van der Waals surface area (Å²) in [7, 11) is 0. The van der Waals surface area contributed by atoms with Crippen LogP contribution in [-0.4, -0.2) is 6.08 Å². The van der Waals surface area contributed by atoms with Crippen LogP contribution in [-0.2, 0) is 4.79 Å². The molecule has 0 radical (unpaired) electrons. The van der Waals surface area contributed by atoms with E-state index in [2.05, 4.69) is 20.8 Å². The number of nitrogens with one attached hydrogen (secondary N) is 1. The highest BCUT2D eigenvalue weighted by Gasteiger charge is 1.88. The minimum absolute atomic E-state index is 0.750. The van der Waals surface area contributed by atoms with E-state index in [1.807, 2.05) is 0 Å². The Morgan fingerprint density at radius 1 is 1.50 bits per heavy atom. The summed E-state index contributed by atoms with van der Waals surface area (Å²) >= 11 is 0. The molecule has 0 aliphatic carbocycles. The number of hydrogen-bond donors (Lipinski definition) is 1. The summed E-state index contributed by atoms with van der Waals surface area (Å²) in [6.07, 6.45) is 4.90. The van der Waals surface area contributed by atoms with Gasteiger partial charge in [-0.05, 0) is 5.92 Å². The van der Waals surface area contributed by atoms with Crippen molar-refractivity contribution >= 4 is 6.08 Å². The van der Waals surface area contributed by atoms with Crippen molar-refractivity contribution in [1.29, 1.82) is 5.41 Å². The second-order valence-electron chi connectivity index (χ2n) is 2.64. The summed E-state index contributed by atoms with van der Waals surface area (Å²) in [6, 6.07) is 0. The van der Waals surface area contributed by atoms with Crippen molar-refractivity contribution in [3.8, 4) is 0 Å². The van der Waals surface area contributed by atoms with Crippen molar-refractivity contribution in [2.24, 2.45) is 5.92 Å². The first-order chi connectivity index (χ1) is 4.68. The van der Waals surface area contributed by atoms with Gasteiger partial charge in [0.2, 0.25) is 6.08 Å². The molecule has 1 N–H and O–H groups in total. The van der Waals surface area contributed by atoms with E-state index in [0.29, 0.717) is 0 Å². The number of isocyanates is 1. The fourth-order valence-corrected chi connectivity index (χ4v) is 0.612. The molecule has 0 spiro atoms. The van der Waals surface area contributed by atoms with Crippen LogP contribution >= 0.6 is 0 Å². The van der Waals surface area contributed by atoms with Crippen molar-refractivity contribution in [2.75, 3.05) is 0 Å². The largest absolute Gasteiger partial charge is 0.231 e. The molecule has 0 rings (SSSR count). The van der Waals surface area contributed by atoms with Gasteiger partial charge in [-0.3, -0.25) is 0 Å². The zero-order valence-electron chi connectivity index (χ0n) is 7.11. The SMILES string of the molecule is CCCCC(C)C.N=C=O. The van der Waals surface area contributed by atoms with Gasteiger partial charge in [-0.1, -0.05) is 40.0 Å². The van der Waals surface area contributed by atoms with Crippen LogP contribution < -0.4 is 0 Å². The van der Waals surface area contributed by atoms with Crippen molar-refractivity contribution in [3.63, 3.8) is 0 Å². The Labute approximate surface area is 63.1 Å². The molecule has 0 aliphatic heterocycles. The van der Waals surface area contributed by atoms with E-state index in [1.54, 1.807) is 0 Å². The third kappa shape index (κ3) is 26.3. The molecule has 0 aromatic rings. The third-order valence-electron chi connectivity index (χ3n) is 1.14. The van der Waals surface area contributed by atoms with Crippen LogP contribution in [0.2, 0.25) is 0 Å². The molecule has 2 heteroatoms. The molecular formula is C8H17NO. The minimum atomic E-state index is 0.750. The lowest BCUT2D eigenvalue weighted by molar-refractivity contribution is 0.550. The van der Waals surface area contributed by atoms with Gasteiger partial charge in [0.05, 0.1) is 0 Å². The lowest BCUT2D eigenvalue weighted by atomic mass is 10.1. The van der Waals surface area contributed by atoms with Crippen LogP contribution in [0.1, 0.15) is 40.0 Å². The van der Waals surface area contributed by atoms with E-state index in [1.165, 1.54) is 19.3 Å². The van der Waals surface area contributed by atoms with Crippen LogP contribution in [0.5, 0.6) is 0 Å². The van der Waals surface area contributed by atoms with Crippen molar-refractivity contribution in [1.82, 2.24) is 0 Å². The second-order valence-corrected chi connectivity index (χ2v) is 2.64. The predicted octanol–water partition coefficient (Wildman–Crippen LogP) is 2.73. The quantitative estimate of drug-likeness (QED) is 0.479. The normalized spacial score (nSPS) is 8.00. The molecular weight excluding hydrogens is 126 g/mol. The summed E-state index contributed by atoms with van der Waals surface area (Å²) in [6.45, 7) is 6.79. The van der Waals surface area contributed by atoms with Gasteiger partial charge >= 0.3 is 0 Å². The van der Waals surface area contributed by atoms with E-state index in [-0.39, 0.29) is 0 Å². The van der Waals surface area contributed by atoms with E-state index >= 15 is 0 Å². The van der Waals surface area contributed by atoms with Crippen molar-refractivity contribution in [3.05, 3.63) is 0 Å². The molecule has 10 heavy (non-hydrogen) atoms. The lowest BCUT2D eigenvalue weighted by Crippen LogP contribution is -1.83. The molecule has 0 heterocycles. The molecule has 60 valence electrons. The zero-order valence-corrected chi connectivity index (χ0v) is 7.11. The topological polar surface area (TPSA) is 40.9 Å². The monoisotopic (exact) mass is 143 g/mol. The van der Waals surface area contributed by atoms with Gasteiger partial charge in [0, 0.05) is 0 Å². The van der Waals surface area contributed by atoms with Gasteiger partial charge < -0.3 is 0 Å². The van der Waals surface area contributed by atoms with Crippen LogP contribution in [0.25, 0.3) is 0 Å². The Balaban J connectivity index is 0. The molecule has 0 aromatic carbocycles. The van der Waals surface area contributed by atoms with Gasteiger partial charge in [0.25, 0.3) is 0 Å². The maximum absolute atomic E-state index is 8.35. The van der Waals surface area contributed by atoms with Crippen LogP contribution in [0, 0.1) is 11.3 Å². The van der Waals surface area contributed by atoms with Crippen molar-refractivity contribution < 1.29 is 4.79 Å². The average Bonchev–Trinajstić information content (AvgIpc) is 1.85. The molecule has 0 unspecified atom stereocenters. The highest BCUT2D eigenvalue weighted by molar-refractivity contribution is 5.26. The number of carbonyl (C=O) groups excluding carboxylic acids is 1. The number of hydrogen-bond acceptors (Lipinski definition) is 2.